The summed E-state index contributed by atoms with van der Waals surface area (Å²) >= 11 is 0. The van der Waals surface area contributed by atoms with Gasteiger partial charge in [-0.15, -0.1) is 0 Å². The monoisotopic (exact) mass is 221 g/mol. The molecule has 3 rings (SSSR count). The van der Waals surface area contributed by atoms with Crippen LogP contribution in [-0.2, 0) is 0 Å². The van der Waals surface area contributed by atoms with Gasteiger partial charge in [-0.3, -0.25) is 0 Å². The molecule has 2 aromatic carbocycles. The van der Waals surface area contributed by atoms with Gasteiger partial charge >= 0.3 is 0 Å². The zero-order chi connectivity index (χ0) is 12.0. The van der Waals surface area contributed by atoms with Crippen LogP contribution in [0.15, 0.2) is 34.7 Å². The van der Waals surface area contributed by atoms with Gasteiger partial charge < -0.3 is 4.42 Å². The highest BCUT2D eigenvalue weighted by atomic mass is 16.3. The summed E-state index contributed by atoms with van der Waals surface area (Å²) in [6, 6.07) is 11.9. The summed E-state index contributed by atoms with van der Waals surface area (Å²) in [5.41, 5.74) is 4.77. The van der Waals surface area contributed by atoms with Crippen molar-refractivity contribution in [3.63, 3.8) is 0 Å². The van der Waals surface area contributed by atoms with E-state index < -0.39 is 0 Å². The number of nitrogens with zero attached hydrogens (tertiary/aromatic N) is 1. The lowest BCUT2D eigenvalue weighted by Gasteiger charge is -1.97. The third kappa shape index (κ3) is 1.40. The van der Waals surface area contributed by atoms with Crippen LogP contribution < -0.4 is 0 Å². The van der Waals surface area contributed by atoms with Gasteiger partial charge in [0, 0.05) is 10.8 Å². The fraction of sp³-hybridized carbons (Fsp3) is 0.133. The van der Waals surface area contributed by atoms with Gasteiger partial charge in [0.2, 0.25) is 0 Å². The van der Waals surface area contributed by atoms with Crippen LogP contribution in [0.25, 0.3) is 21.9 Å². The molecule has 17 heavy (non-hydrogen) atoms. The Kier molecular flexibility index (Phi) is 1.96. The minimum Gasteiger partial charge on any atom is -0.456 e. The summed E-state index contributed by atoms with van der Waals surface area (Å²) in [7, 11) is 0. The first-order chi connectivity index (χ1) is 8.19. The molecule has 0 amide bonds. The van der Waals surface area contributed by atoms with E-state index in [0.717, 1.165) is 27.5 Å². The lowest BCUT2D eigenvalue weighted by atomic mass is 10.1. The van der Waals surface area contributed by atoms with Crippen LogP contribution >= 0.6 is 0 Å². The maximum atomic E-state index is 8.94. The third-order valence-electron chi connectivity index (χ3n) is 3.03. The molecule has 2 nitrogen and oxygen atoms in total. The molecule has 1 aromatic heterocycles. The van der Waals surface area contributed by atoms with E-state index >= 15 is 0 Å². The predicted octanol–water partition coefficient (Wildman–Crippen LogP) is 4.07. The van der Waals surface area contributed by atoms with Crippen molar-refractivity contribution in [3.05, 3.63) is 47.0 Å². The molecule has 1 heterocycles. The molecule has 2 heteroatoms. The van der Waals surface area contributed by atoms with Crippen molar-refractivity contribution >= 4 is 21.9 Å². The first-order valence-electron chi connectivity index (χ1n) is 5.52. The summed E-state index contributed by atoms with van der Waals surface area (Å²) in [5, 5.41) is 11.0. The molecule has 0 saturated heterocycles. The molecule has 0 unspecified atom stereocenters. The largest absolute Gasteiger partial charge is 0.456 e. The predicted molar refractivity (Wildman–Crippen MR) is 67.9 cm³/mol. The van der Waals surface area contributed by atoms with Gasteiger partial charge in [-0.2, -0.15) is 5.26 Å². The van der Waals surface area contributed by atoms with Crippen molar-refractivity contribution in [3.8, 4) is 6.07 Å². The molecule has 3 aromatic rings. The molecule has 0 bridgehead atoms. The summed E-state index contributed by atoms with van der Waals surface area (Å²) < 4.78 is 5.83. The Labute approximate surface area is 99.1 Å². The number of furan rings is 1. The molecule has 0 aliphatic carbocycles. The Balaban J connectivity index is 2.53. The van der Waals surface area contributed by atoms with Crippen molar-refractivity contribution in [2.24, 2.45) is 0 Å². The van der Waals surface area contributed by atoms with E-state index in [2.05, 4.69) is 25.1 Å². The minimum atomic E-state index is 0.666. The number of nitriles is 1. The number of hydrogen-bond donors (Lipinski definition) is 0. The standard InChI is InChI=1S/C15H11NO/c1-9-5-10(2)15-13(6-9)12-7-11(8-16)3-4-14(12)17-15/h3-7H,1-2H3. The molecule has 82 valence electrons. The fourth-order valence-electron chi connectivity index (χ4n) is 2.30. The van der Waals surface area contributed by atoms with Crippen LogP contribution in [0.1, 0.15) is 16.7 Å². The van der Waals surface area contributed by atoms with E-state index in [0.29, 0.717) is 5.56 Å². The van der Waals surface area contributed by atoms with Crippen LogP contribution in [0.5, 0.6) is 0 Å². The van der Waals surface area contributed by atoms with Gasteiger partial charge in [-0.25, -0.2) is 0 Å². The Bertz CT molecular complexity index is 775. The Hall–Kier alpha value is -2.27. The lowest BCUT2D eigenvalue weighted by molar-refractivity contribution is 0.665. The Morgan fingerprint density at radius 1 is 1.06 bits per heavy atom. The van der Waals surface area contributed by atoms with Crippen molar-refractivity contribution in [2.45, 2.75) is 13.8 Å². The average Bonchev–Trinajstić information content (AvgIpc) is 2.67. The van der Waals surface area contributed by atoms with E-state index in [1.54, 1.807) is 6.07 Å². The van der Waals surface area contributed by atoms with Gasteiger partial charge in [0.1, 0.15) is 11.2 Å². The van der Waals surface area contributed by atoms with Crippen molar-refractivity contribution in [1.29, 1.82) is 5.26 Å². The third-order valence-corrected chi connectivity index (χ3v) is 3.03. The first kappa shape index (κ1) is 9.92. The topological polar surface area (TPSA) is 36.9 Å². The van der Waals surface area contributed by atoms with E-state index in [1.165, 1.54) is 5.56 Å². The van der Waals surface area contributed by atoms with Crippen LogP contribution in [0.4, 0.5) is 0 Å². The highest BCUT2D eigenvalue weighted by Crippen LogP contribution is 2.32. The molecule has 0 fully saturated rings. The normalized spacial score (nSPS) is 10.9. The number of aryl methyl sites for hydroxylation is 2. The Morgan fingerprint density at radius 2 is 1.88 bits per heavy atom. The molecule has 0 radical (unpaired) electrons. The molecular formula is C15H11NO. The smallest absolute Gasteiger partial charge is 0.138 e. The van der Waals surface area contributed by atoms with E-state index in [-0.39, 0.29) is 0 Å². The van der Waals surface area contributed by atoms with Crippen molar-refractivity contribution in [2.75, 3.05) is 0 Å². The van der Waals surface area contributed by atoms with Crippen LogP contribution in [0.3, 0.4) is 0 Å². The van der Waals surface area contributed by atoms with Gasteiger partial charge in [-0.1, -0.05) is 6.07 Å². The number of fused-ring (bicyclic) bond motifs is 3. The fourth-order valence-corrected chi connectivity index (χ4v) is 2.30. The summed E-state index contributed by atoms with van der Waals surface area (Å²) in [5.74, 6) is 0. The zero-order valence-electron chi connectivity index (χ0n) is 9.74. The quantitative estimate of drug-likeness (QED) is 0.573. The van der Waals surface area contributed by atoms with Gasteiger partial charge in [0.25, 0.3) is 0 Å². The number of hydrogen-bond acceptors (Lipinski definition) is 2. The SMILES string of the molecule is Cc1cc(C)c2oc3ccc(C#N)cc3c2c1. The molecule has 0 atom stereocenters. The van der Waals surface area contributed by atoms with E-state index in [9.17, 15) is 0 Å². The molecule has 0 saturated carbocycles. The summed E-state index contributed by atoms with van der Waals surface area (Å²) in [6.07, 6.45) is 0. The maximum Gasteiger partial charge on any atom is 0.138 e. The second-order valence-electron chi connectivity index (χ2n) is 4.38. The summed E-state index contributed by atoms with van der Waals surface area (Å²) in [4.78, 5) is 0. The van der Waals surface area contributed by atoms with Gasteiger partial charge in [0.05, 0.1) is 11.6 Å². The zero-order valence-corrected chi connectivity index (χ0v) is 9.74. The van der Waals surface area contributed by atoms with E-state index in [4.69, 9.17) is 9.68 Å². The second-order valence-corrected chi connectivity index (χ2v) is 4.38. The molecule has 0 aliphatic heterocycles. The van der Waals surface area contributed by atoms with Crippen LogP contribution in [-0.4, -0.2) is 0 Å². The lowest BCUT2D eigenvalue weighted by Crippen LogP contribution is -1.77. The minimum absolute atomic E-state index is 0.666. The second kappa shape index (κ2) is 3.36. The first-order valence-corrected chi connectivity index (χ1v) is 5.52. The van der Waals surface area contributed by atoms with Crippen LogP contribution in [0, 0.1) is 25.2 Å². The molecular weight excluding hydrogens is 210 g/mol. The highest BCUT2D eigenvalue weighted by molar-refractivity contribution is 6.06. The average molecular weight is 221 g/mol. The van der Waals surface area contributed by atoms with Crippen molar-refractivity contribution < 1.29 is 4.42 Å². The Morgan fingerprint density at radius 3 is 2.65 bits per heavy atom. The maximum absolute atomic E-state index is 8.94. The van der Waals surface area contributed by atoms with E-state index in [1.807, 2.05) is 19.1 Å². The van der Waals surface area contributed by atoms with Crippen molar-refractivity contribution in [1.82, 2.24) is 0 Å². The molecule has 0 aliphatic rings. The van der Waals surface area contributed by atoms with Crippen LogP contribution in [0.2, 0.25) is 0 Å². The summed E-state index contributed by atoms with van der Waals surface area (Å²) in [6.45, 7) is 4.11. The highest BCUT2D eigenvalue weighted by Gasteiger charge is 2.10. The molecule has 0 spiro atoms. The number of benzene rings is 2. The molecule has 0 N–H and O–H groups in total. The van der Waals surface area contributed by atoms with Gasteiger partial charge in [-0.05, 0) is 49.2 Å². The van der Waals surface area contributed by atoms with Gasteiger partial charge in [0.15, 0.2) is 0 Å². The number of rotatable bonds is 0.